The molecule has 1 aromatic rings. The summed E-state index contributed by atoms with van der Waals surface area (Å²) >= 11 is 0. The van der Waals surface area contributed by atoms with Crippen LogP contribution in [0.1, 0.15) is 25.8 Å². The van der Waals surface area contributed by atoms with Crippen molar-refractivity contribution in [3.05, 3.63) is 35.9 Å². The second-order valence-electron chi connectivity index (χ2n) is 4.00. The van der Waals surface area contributed by atoms with Crippen molar-refractivity contribution in [2.75, 3.05) is 19.7 Å². The number of nitrogens with zero attached hydrogens (tertiary/aromatic N) is 1. The molecule has 94 valence electrons. The minimum absolute atomic E-state index is 0.142. The fourth-order valence-corrected chi connectivity index (χ4v) is 1.76. The van der Waals surface area contributed by atoms with Crippen LogP contribution in [-0.4, -0.2) is 30.6 Å². The van der Waals surface area contributed by atoms with E-state index in [1.54, 1.807) is 0 Å². The molecular formula is C14H21NO2. The highest BCUT2D eigenvalue weighted by atomic mass is 16.5. The van der Waals surface area contributed by atoms with Gasteiger partial charge in [0.15, 0.2) is 0 Å². The predicted octanol–water partition coefficient (Wildman–Crippen LogP) is 2.46. The molecule has 0 unspecified atom stereocenters. The molecule has 1 rings (SSSR count). The average Bonchev–Trinajstić information content (AvgIpc) is 2.31. The van der Waals surface area contributed by atoms with Crippen molar-refractivity contribution < 1.29 is 9.53 Å². The SMILES string of the molecule is CCCN(CC(=O)OCC)Cc1ccccc1. The number of hydrogen-bond acceptors (Lipinski definition) is 3. The number of benzene rings is 1. The van der Waals surface area contributed by atoms with Gasteiger partial charge in [-0.2, -0.15) is 0 Å². The van der Waals surface area contributed by atoms with Crippen molar-refractivity contribution in [2.24, 2.45) is 0 Å². The summed E-state index contributed by atoms with van der Waals surface area (Å²) in [6, 6.07) is 10.2. The van der Waals surface area contributed by atoms with E-state index in [2.05, 4.69) is 24.0 Å². The Hall–Kier alpha value is -1.35. The Morgan fingerprint density at radius 1 is 1.24 bits per heavy atom. The summed E-state index contributed by atoms with van der Waals surface area (Å²) in [5, 5.41) is 0. The highest BCUT2D eigenvalue weighted by Gasteiger charge is 2.10. The van der Waals surface area contributed by atoms with Crippen LogP contribution in [0, 0.1) is 0 Å². The summed E-state index contributed by atoms with van der Waals surface area (Å²) in [6.45, 7) is 6.48. The first-order chi connectivity index (χ1) is 8.26. The molecule has 3 heteroatoms. The fourth-order valence-electron chi connectivity index (χ4n) is 1.76. The molecule has 0 fully saturated rings. The smallest absolute Gasteiger partial charge is 0.320 e. The molecular weight excluding hydrogens is 214 g/mol. The van der Waals surface area contributed by atoms with Gasteiger partial charge in [0, 0.05) is 6.54 Å². The molecule has 0 bridgehead atoms. The third kappa shape index (κ3) is 5.50. The van der Waals surface area contributed by atoms with Gasteiger partial charge in [-0.15, -0.1) is 0 Å². The van der Waals surface area contributed by atoms with Gasteiger partial charge in [0.2, 0.25) is 0 Å². The molecule has 0 heterocycles. The van der Waals surface area contributed by atoms with E-state index < -0.39 is 0 Å². The van der Waals surface area contributed by atoms with Gasteiger partial charge >= 0.3 is 5.97 Å². The Morgan fingerprint density at radius 3 is 2.53 bits per heavy atom. The summed E-state index contributed by atoms with van der Waals surface area (Å²) in [4.78, 5) is 13.6. The topological polar surface area (TPSA) is 29.5 Å². The van der Waals surface area contributed by atoms with E-state index in [1.807, 2.05) is 25.1 Å². The van der Waals surface area contributed by atoms with E-state index in [0.717, 1.165) is 19.5 Å². The second-order valence-corrected chi connectivity index (χ2v) is 4.00. The maximum atomic E-state index is 11.5. The van der Waals surface area contributed by atoms with Crippen LogP contribution in [0.15, 0.2) is 30.3 Å². The van der Waals surface area contributed by atoms with E-state index in [1.165, 1.54) is 5.56 Å². The van der Waals surface area contributed by atoms with E-state index in [9.17, 15) is 4.79 Å². The number of esters is 1. The van der Waals surface area contributed by atoms with Gasteiger partial charge in [-0.3, -0.25) is 9.69 Å². The normalized spacial score (nSPS) is 10.5. The molecule has 1 aromatic carbocycles. The number of hydrogen-bond donors (Lipinski definition) is 0. The molecule has 0 aliphatic rings. The van der Waals surface area contributed by atoms with Crippen molar-refractivity contribution in [1.82, 2.24) is 4.90 Å². The van der Waals surface area contributed by atoms with Crippen LogP contribution in [0.25, 0.3) is 0 Å². The van der Waals surface area contributed by atoms with Gasteiger partial charge in [0.25, 0.3) is 0 Å². The molecule has 3 nitrogen and oxygen atoms in total. The minimum Gasteiger partial charge on any atom is -0.465 e. The van der Waals surface area contributed by atoms with Gasteiger partial charge in [-0.1, -0.05) is 37.3 Å². The van der Waals surface area contributed by atoms with Crippen LogP contribution in [0.4, 0.5) is 0 Å². The minimum atomic E-state index is -0.142. The van der Waals surface area contributed by atoms with Crippen LogP contribution >= 0.6 is 0 Å². The molecule has 0 spiro atoms. The number of carbonyl (C=O) groups is 1. The summed E-state index contributed by atoms with van der Waals surface area (Å²) in [7, 11) is 0. The lowest BCUT2D eigenvalue weighted by molar-refractivity contribution is -0.144. The zero-order valence-electron chi connectivity index (χ0n) is 10.7. The number of carbonyl (C=O) groups excluding carboxylic acids is 1. The maximum Gasteiger partial charge on any atom is 0.320 e. The summed E-state index contributed by atoms with van der Waals surface area (Å²) < 4.78 is 4.98. The Balaban J connectivity index is 2.51. The first-order valence-electron chi connectivity index (χ1n) is 6.18. The third-order valence-corrected chi connectivity index (χ3v) is 2.45. The van der Waals surface area contributed by atoms with Crippen LogP contribution < -0.4 is 0 Å². The van der Waals surface area contributed by atoms with Crippen LogP contribution in [0.5, 0.6) is 0 Å². The van der Waals surface area contributed by atoms with Crippen molar-refractivity contribution >= 4 is 5.97 Å². The predicted molar refractivity (Wildman–Crippen MR) is 68.6 cm³/mol. The lowest BCUT2D eigenvalue weighted by atomic mass is 10.2. The van der Waals surface area contributed by atoms with Crippen molar-refractivity contribution in [3.63, 3.8) is 0 Å². The lowest BCUT2D eigenvalue weighted by Crippen LogP contribution is -2.31. The third-order valence-electron chi connectivity index (χ3n) is 2.45. The maximum absolute atomic E-state index is 11.5. The second kappa shape index (κ2) is 7.85. The van der Waals surface area contributed by atoms with Crippen molar-refractivity contribution in [2.45, 2.75) is 26.8 Å². The van der Waals surface area contributed by atoms with Gasteiger partial charge in [-0.25, -0.2) is 0 Å². The van der Waals surface area contributed by atoms with Gasteiger partial charge in [0.1, 0.15) is 0 Å². The molecule has 0 radical (unpaired) electrons. The first-order valence-corrected chi connectivity index (χ1v) is 6.18. The monoisotopic (exact) mass is 235 g/mol. The van der Waals surface area contributed by atoms with Crippen molar-refractivity contribution in [1.29, 1.82) is 0 Å². The standard InChI is InChI=1S/C14H21NO2/c1-3-10-15(12-14(16)17-4-2)11-13-8-6-5-7-9-13/h5-9H,3-4,10-12H2,1-2H3. The van der Waals surface area contributed by atoms with Gasteiger partial charge in [-0.05, 0) is 25.5 Å². The van der Waals surface area contributed by atoms with E-state index in [-0.39, 0.29) is 5.97 Å². The first kappa shape index (κ1) is 13.7. The highest BCUT2D eigenvalue weighted by Crippen LogP contribution is 2.05. The van der Waals surface area contributed by atoms with Crippen LogP contribution in [0.3, 0.4) is 0 Å². The quantitative estimate of drug-likeness (QED) is 0.680. The zero-order chi connectivity index (χ0) is 12.5. The number of ether oxygens (including phenoxy) is 1. The molecule has 0 aliphatic heterocycles. The molecule has 0 amide bonds. The highest BCUT2D eigenvalue weighted by molar-refractivity contribution is 5.71. The van der Waals surface area contributed by atoms with E-state index in [4.69, 9.17) is 4.74 Å². The number of rotatable bonds is 7. The van der Waals surface area contributed by atoms with Gasteiger partial charge < -0.3 is 4.74 Å². The van der Waals surface area contributed by atoms with E-state index in [0.29, 0.717) is 13.2 Å². The summed E-state index contributed by atoms with van der Waals surface area (Å²) in [6.07, 6.45) is 1.03. The summed E-state index contributed by atoms with van der Waals surface area (Å²) in [5.74, 6) is -0.142. The van der Waals surface area contributed by atoms with Crippen LogP contribution in [0.2, 0.25) is 0 Å². The summed E-state index contributed by atoms with van der Waals surface area (Å²) in [5.41, 5.74) is 1.23. The Labute approximate surface area is 103 Å². The average molecular weight is 235 g/mol. The lowest BCUT2D eigenvalue weighted by Gasteiger charge is -2.20. The molecule has 0 aliphatic carbocycles. The molecule has 0 atom stereocenters. The molecule has 0 N–H and O–H groups in total. The van der Waals surface area contributed by atoms with Crippen LogP contribution in [-0.2, 0) is 16.1 Å². The van der Waals surface area contributed by atoms with Crippen molar-refractivity contribution in [3.8, 4) is 0 Å². The zero-order valence-corrected chi connectivity index (χ0v) is 10.7. The Bertz CT molecular complexity index is 324. The largest absolute Gasteiger partial charge is 0.465 e. The molecule has 0 saturated carbocycles. The molecule has 0 saturated heterocycles. The molecule has 17 heavy (non-hydrogen) atoms. The molecule has 0 aromatic heterocycles. The van der Waals surface area contributed by atoms with E-state index >= 15 is 0 Å². The Morgan fingerprint density at radius 2 is 1.94 bits per heavy atom. The van der Waals surface area contributed by atoms with Gasteiger partial charge in [0.05, 0.1) is 13.2 Å². The fraction of sp³-hybridized carbons (Fsp3) is 0.500. The Kier molecular flexibility index (Phi) is 6.33.